The van der Waals surface area contributed by atoms with Gasteiger partial charge in [0.1, 0.15) is 17.1 Å². The van der Waals surface area contributed by atoms with Gasteiger partial charge in [-0.05, 0) is 29.8 Å². The van der Waals surface area contributed by atoms with E-state index in [9.17, 15) is 18.4 Å². The summed E-state index contributed by atoms with van der Waals surface area (Å²) in [5, 5.41) is 8.57. The van der Waals surface area contributed by atoms with E-state index < -0.39 is 11.3 Å². The smallest absolute Gasteiger partial charge is 0.225 e. The largest absolute Gasteiger partial charge is 0.332 e. The van der Waals surface area contributed by atoms with Gasteiger partial charge in [0.15, 0.2) is 0 Å². The summed E-state index contributed by atoms with van der Waals surface area (Å²) in [5.74, 6) is -0.841. The number of nitrogens with one attached hydrogen (secondary N) is 3. The minimum absolute atomic E-state index is 0.0701. The van der Waals surface area contributed by atoms with Crippen molar-refractivity contribution in [3.8, 4) is 0 Å². The van der Waals surface area contributed by atoms with Gasteiger partial charge in [0, 0.05) is 30.3 Å². The second kappa shape index (κ2) is 8.96. The third-order valence-corrected chi connectivity index (χ3v) is 5.08. The van der Waals surface area contributed by atoms with E-state index in [4.69, 9.17) is 0 Å². The first-order valence-corrected chi connectivity index (χ1v) is 9.50. The Labute approximate surface area is 159 Å². The zero-order chi connectivity index (χ0) is 19.2. The molecule has 0 radical (unpaired) electrons. The van der Waals surface area contributed by atoms with Crippen LogP contribution in [0.15, 0.2) is 48.5 Å². The Morgan fingerprint density at radius 3 is 2.78 bits per heavy atom. The molecule has 2 amide bonds. The fourth-order valence-electron chi connectivity index (χ4n) is 2.76. The maximum Gasteiger partial charge on any atom is 0.225 e. The van der Waals surface area contributed by atoms with Gasteiger partial charge >= 0.3 is 0 Å². The lowest BCUT2D eigenvalue weighted by Gasteiger charge is -2.31. The van der Waals surface area contributed by atoms with Crippen molar-refractivity contribution in [2.75, 3.05) is 5.32 Å². The van der Waals surface area contributed by atoms with E-state index in [1.54, 1.807) is 24.3 Å². The van der Waals surface area contributed by atoms with Gasteiger partial charge in [0.05, 0.1) is 0 Å². The topological polar surface area (TPSA) is 70.2 Å². The van der Waals surface area contributed by atoms with Crippen LogP contribution >= 0.6 is 11.8 Å². The Bertz CT molecular complexity index is 834. The molecular weight excluding hydrogens is 372 g/mol. The molecule has 2 aromatic rings. The first-order valence-electron chi connectivity index (χ1n) is 8.45. The van der Waals surface area contributed by atoms with Gasteiger partial charge in [0.2, 0.25) is 11.8 Å². The maximum absolute atomic E-state index is 13.7. The molecule has 142 valence electrons. The van der Waals surface area contributed by atoms with Gasteiger partial charge in [-0.3, -0.25) is 14.9 Å². The Balaban J connectivity index is 1.52. The van der Waals surface area contributed by atoms with E-state index in [-0.39, 0.29) is 36.5 Å². The van der Waals surface area contributed by atoms with Gasteiger partial charge < -0.3 is 10.6 Å². The van der Waals surface area contributed by atoms with Crippen LogP contribution in [0.4, 0.5) is 14.5 Å². The summed E-state index contributed by atoms with van der Waals surface area (Å²) in [4.78, 5) is 24.1. The third-order valence-electron chi connectivity index (χ3n) is 4.01. The monoisotopic (exact) mass is 391 g/mol. The molecule has 0 bridgehead atoms. The minimum Gasteiger partial charge on any atom is -0.332 e. The Hall–Kier alpha value is -2.45. The summed E-state index contributed by atoms with van der Waals surface area (Å²) in [7, 11) is 0. The molecule has 27 heavy (non-hydrogen) atoms. The van der Waals surface area contributed by atoms with Crippen molar-refractivity contribution in [1.29, 1.82) is 0 Å². The molecule has 0 spiro atoms. The van der Waals surface area contributed by atoms with Crippen LogP contribution in [-0.2, 0) is 15.3 Å². The normalized spacial score (nSPS) is 19.4. The lowest BCUT2D eigenvalue weighted by atomic mass is 10.1. The fourth-order valence-corrected chi connectivity index (χ4v) is 3.84. The van der Waals surface area contributed by atoms with E-state index in [0.29, 0.717) is 17.0 Å². The van der Waals surface area contributed by atoms with Crippen LogP contribution in [0.25, 0.3) is 0 Å². The molecule has 1 heterocycles. The number of benzene rings is 2. The quantitative estimate of drug-likeness (QED) is 0.708. The molecule has 8 heteroatoms. The molecule has 2 unspecified atom stereocenters. The van der Waals surface area contributed by atoms with Crippen molar-refractivity contribution in [1.82, 2.24) is 10.6 Å². The van der Waals surface area contributed by atoms with Crippen LogP contribution in [-0.4, -0.2) is 23.4 Å². The standard InChI is InChI=1S/C19H19F2N3O2S/c20-13-5-3-6-14(8-13)22-17(25)9-15-10-18(26)24-19(23-15)27-11-12-4-1-2-7-16(12)21/h1-8,15,19,23H,9-11H2,(H,22,25)(H,24,26). The third kappa shape index (κ3) is 5.77. The molecule has 5 nitrogen and oxygen atoms in total. The molecule has 1 fully saturated rings. The van der Waals surface area contributed by atoms with Gasteiger partial charge in [0.25, 0.3) is 0 Å². The van der Waals surface area contributed by atoms with Gasteiger partial charge in [-0.2, -0.15) is 0 Å². The molecule has 1 aliphatic rings. The maximum atomic E-state index is 13.7. The number of halogens is 2. The van der Waals surface area contributed by atoms with Crippen molar-refractivity contribution in [3.05, 3.63) is 65.7 Å². The minimum atomic E-state index is -0.437. The Morgan fingerprint density at radius 2 is 2.00 bits per heavy atom. The number of hydrogen-bond acceptors (Lipinski definition) is 4. The van der Waals surface area contributed by atoms with Gasteiger partial charge in [-0.15, -0.1) is 11.8 Å². The van der Waals surface area contributed by atoms with Gasteiger partial charge in [-0.25, -0.2) is 8.78 Å². The van der Waals surface area contributed by atoms with E-state index >= 15 is 0 Å². The molecule has 3 rings (SSSR count). The van der Waals surface area contributed by atoms with Crippen molar-refractivity contribution < 1.29 is 18.4 Å². The summed E-state index contributed by atoms with van der Waals surface area (Å²) in [6, 6.07) is 11.7. The Morgan fingerprint density at radius 1 is 1.19 bits per heavy atom. The molecule has 1 aliphatic heterocycles. The summed E-state index contributed by atoms with van der Waals surface area (Å²) in [6.45, 7) is 0. The molecule has 2 atom stereocenters. The first kappa shape index (κ1) is 19.3. The second-order valence-corrected chi connectivity index (χ2v) is 7.27. The van der Waals surface area contributed by atoms with Crippen LogP contribution in [0.1, 0.15) is 18.4 Å². The number of rotatable bonds is 6. The number of carbonyl (C=O) groups is 2. The fraction of sp³-hybridized carbons (Fsp3) is 0.263. The van der Waals surface area contributed by atoms with Crippen molar-refractivity contribution in [2.24, 2.45) is 0 Å². The second-order valence-electron chi connectivity index (χ2n) is 6.18. The molecule has 2 aromatic carbocycles. The van der Waals surface area contributed by atoms with E-state index in [2.05, 4.69) is 16.0 Å². The SMILES string of the molecule is O=C(CC1CC(=O)NC(SCc2ccccc2F)N1)Nc1cccc(F)c1. The molecule has 0 saturated carbocycles. The highest BCUT2D eigenvalue weighted by molar-refractivity contribution is 7.99. The molecule has 3 N–H and O–H groups in total. The first-order chi connectivity index (χ1) is 13.0. The molecule has 0 aliphatic carbocycles. The van der Waals surface area contributed by atoms with Gasteiger partial charge in [-0.1, -0.05) is 24.3 Å². The summed E-state index contributed by atoms with van der Waals surface area (Å²) < 4.78 is 26.9. The zero-order valence-corrected chi connectivity index (χ0v) is 15.2. The lowest BCUT2D eigenvalue weighted by molar-refractivity contribution is -0.124. The van der Waals surface area contributed by atoms with Crippen molar-refractivity contribution >= 4 is 29.3 Å². The number of anilines is 1. The highest BCUT2D eigenvalue weighted by atomic mass is 32.2. The highest BCUT2D eigenvalue weighted by Gasteiger charge is 2.27. The van der Waals surface area contributed by atoms with Crippen LogP contribution in [0.3, 0.4) is 0 Å². The van der Waals surface area contributed by atoms with E-state index in [0.717, 1.165) is 0 Å². The van der Waals surface area contributed by atoms with Crippen LogP contribution in [0.2, 0.25) is 0 Å². The summed E-state index contributed by atoms with van der Waals surface area (Å²) in [6.07, 6.45) is 0.230. The number of carbonyl (C=O) groups excluding carboxylic acids is 2. The number of amides is 2. The van der Waals surface area contributed by atoms with E-state index in [1.165, 1.54) is 36.0 Å². The van der Waals surface area contributed by atoms with Crippen LogP contribution in [0, 0.1) is 11.6 Å². The summed E-state index contributed by atoms with van der Waals surface area (Å²) in [5.41, 5.74) is 0.494. The van der Waals surface area contributed by atoms with Crippen molar-refractivity contribution in [2.45, 2.75) is 30.1 Å². The number of hydrogen-bond donors (Lipinski definition) is 3. The molecular formula is C19H19F2N3O2S. The summed E-state index contributed by atoms with van der Waals surface area (Å²) >= 11 is 1.34. The highest BCUT2D eigenvalue weighted by Crippen LogP contribution is 2.21. The van der Waals surface area contributed by atoms with Crippen molar-refractivity contribution in [3.63, 3.8) is 0 Å². The Kier molecular flexibility index (Phi) is 6.41. The van der Waals surface area contributed by atoms with E-state index in [1.807, 2.05) is 0 Å². The molecule has 1 saturated heterocycles. The lowest BCUT2D eigenvalue weighted by Crippen LogP contribution is -2.55. The van der Waals surface area contributed by atoms with Crippen LogP contribution < -0.4 is 16.0 Å². The zero-order valence-electron chi connectivity index (χ0n) is 14.4. The predicted octanol–water partition coefficient (Wildman–Crippen LogP) is 2.99. The van der Waals surface area contributed by atoms with Crippen LogP contribution in [0.5, 0.6) is 0 Å². The number of thioether (sulfide) groups is 1. The molecule has 0 aromatic heterocycles. The average Bonchev–Trinajstić information content (AvgIpc) is 2.60. The predicted molar refractivity (Wildman–Crippen MR) is 101 cm³/mol. The average molecular weight is 391 g/mol.